The van der Waals surface area contributed by atoms with Gasteiger partial charge in [-0.15, -0.1) is 0 Å². The van der Waals surface area contributed by atoms with Gasteiger partial charge in [-0.2, -0.15) is 0 Å². The maximum Gasteiger partial charge on any atom is 0.255 e. The van der Waals surface area contributed by atoms with Crippen LogP contribution in [-0.2, 0) is 6.42 Å². The lowest BCUT2D eigenvalue weighted by Crippen LogP contribution is -2.25. The molecule has 0 fully saturated rings. The number of rotatable bonds is 5. The van der Waals surface area contributed by atoms with Gasteiger partial charge in [0.15, 0.2) is 0 Å². The molecular formula is C11H17F2N3. The Kier molecular flexibility index (Phi) is 4.61. The molecule has 3 nitrogen and oxygen atoms in total. The molecule has 1 heterocycles. The summed E-state index contributed by atoms with van der Waals surface area (Å²) in [5.41, 5.74) is 6.67. The van der Waals surface area contributed by atoms with Crippen LogP contribution in [0.5, 0.6) is 0 Å². The largest absolute Gasteiger partial charge is 0.354 e. The van der Waals surface area contributed by atoms with Gasteiger partial charge in [-0.25, -0.2) is 13.8 Å². The number of hydrogen-bond donors (Lipinski definition) is 1. The van der Waals surface area contributed by atoms with Crippen LogP contribution in [0.1, 0.15) is 12.5 Å². The summed E-state index contributed by atoms with van der Waals surface area (Å²) in [6, 6.07) is 3.68. The normalized spacial score (nSPS) is 12.9. The fourth-order valence-corrected chi connectivity index (χ4v) is 1.44. The minimum absolute atomic E-state index is 0.0754. The summed E-state index contributed by atoms with van der Waals surface area (Å²) in [4.78, 5) is 5.55. The lowest BCUT2D eigenvalue weighted by molar-refractivity contribution is 0.156. The molecule has 0 aromatic carbocycles. The van der Waals surface area contributed by atoms with Gasteiger partial charge < -0.3 is 10.6 Å². The Morgan fingerprint density at radius 2 is 2.12 bits per heavy atom. The van der Waals surface area contributed by atoms with Gasteiger partial charge in [-0.1, -0.05) is 6.07 Å². The number of nitrogens with two attached hydrogens (primary N) is 1. The van der Waals surface area contributed by atoms with Crippen molar-refractivity contribution in [2.45, 2.75) is 25.8 Å². The Balaban J connectivity index is 2.63. The summed E-state index contributed by atoms with van der Waals surface area (Å²) in [7, 11) is 1.60. The van der Waals surface area contributed by atoms with Crippen LogP contribution in [0.15, 0.2) is 18.3 Å². The Morgan fingerprint density at radius 1 is 1.44 bits per heavy atom. The van der Waals surface area contributed by atoms with Crippen molar-refractivity contribution in [3.63, 3.8) is 0 Å². The van der Waals surface area contributed by atoms with E-state index in [2.05, 4.69) is 4.98 Å². The van der Waals surface area contributed by atoms with Gasteiger partial charge in [0.05, 0.1) is 6.54 Å². The van der Waals surface area contributed by atoms with E-state index >= 15 is 0 Å². The molecule has 1 aromatic heterocycles. The lowest BCUT2D eigenvalue weighted by atomic mass is 10.1. The second-order valence-electron chi connectivity index (χ2n) is 3.98. The monoisotopic (exact) mass is 229 g/mol. The molecule has 1 atom stereocenters. The second-order valence-corrected chi connectivity index (χ2v) is 3.98. The first-order valence-corrected chi connectivity index (χ1v) is 5.19. The van der Waals surface area contributed by atoms with Crippen molar-refractivity contribution in [3.05, 3.63) is 23.9 Å². The summed E-state index contributed by atoms with van der Waals surface area (Å²) < 4.78 is 24.3. The van der Waals surface area contributed by atoms with Gasteiger partial charge in [0.25, 0.3) is 6.43 Å². The Bertz CT molecular complexity index is 312. The molecule has 1 unspecified atom stereocenters. The van der Waals surface area contributed by atoms with Crippen molar-refractivity contribution in [2.75, 3.05) is 18.5 Å². The van der Waals surface area contributed by atoms with E-state index in [1.807, 2.05) is 13.0 Å². The second kappa shape index (κ2) is 5.75. The van der Waals surface area contributed by atoms with Crippen LogP contribution in [0.2, 0.25) is 0 Å². The van der Waals surface area contributed by atoms with Crippen LogP contribution in [0.25, 0.3) is 0 Å². The van der Waals surface area contributed by atoms with Gasteiger partial charge >= 0.3 is 0 Å². The van der Waals surface area contributed by atoms with Crippen LogP contribution in [0.4, 0.5) is 14.6 Å². The fraction of sp³-hybridized carbons (Fsp3) is 0.545. The van der Waals surface area contributed by atoms with Crippen molar-refractivity contribution < 1.29 is 8.78 Å². The van der Waals surface area contributed by atoms with Crippen molar-refractivity contribution >= 4 is 5.82 Å². The number of aromatic nitrogens is 1. The molecule has 0 spiro atoms. The summed E-state index contributed by atoms with van der Waals surface area (Å²) >= 11 is 0. The molecular weight excluding hydrogens is 212 g/mol. The molecule has 0 saturated carbocycles. The Hall–Kier alpha value is -1.23. The number of pyridine rings is 1. The molecule has 0 aliphatic carbocycles. The first kappa shape index (κ1) is 12.8. The highest BCUT2D eigenvalue weighted by atomic mass is 19.3. The van der Waals surface area contributed by atoms with Crippen LogP contribution in [0.3, 0.4) is 0 Å². The topological polar surface area (TPSA) is 42.1 Å². The van der Waals surface area contributed by atoms with E-state index in [0.29, 0.717) is 5.82 Å². The predicted molar refractivity (Wildman–Crippen MR) is 60.9 cm³/mol. The molecule has 2 N–H and O–H groups in total. The lowest BCUT2D eigenvalue weighted by Gasteiger charge is -2.17. The van der Waals surface area contributed by atoms with Gasteiger partial charge in [0, 0.05) is 19.3 Å². The van der Waals surface area contributed by atoms with Gasteiger partial charge in [-0.05, 0) is 25.0 Å². The average molecular weight is 229 g/mol. The van der Waals surface area contributed by atoms with Gasteiger partial charge in [-0.3, -0.25) is 0 Å². The molecule has 0 saturated heterocycles. The quantitative estimate of drug-likeness (QED) is 0.835. The molecule has 0 bridgehead atoms. The Morgan fingerprint density at radius 3 is 2.56 bits per heavy atom. The summed E-state index contributed by atoms with van der Waals surface area (Å²) in [6.07, 6.45) is 0.0718. The summed E-state index contributed by atoms with van der Waals surface area (Å²) in [6.45, 7) is 1.61. The third-order valence-corrected chi connectivity index (χ3v) is 2.17. The Labute approximate surface area is 94.3 Å². The van der Waals surface area contributed by atoms with Gasteiger partial charge in [0.1, 0.15) is 5.82 Å². The maximum atomic E-state index is 12.1. The first-order valence-electron chi connectivity index (χ1n) is 5.19. The summed E-state index contributed by atoms with van der Waals surface area (Å²) in [5.74, 6) is 0.550. The van der Waals surface area contributed by atoms with E-state index in [9.17, 15) is 8.78 Å². The zero-order valence-corrected chi connectivity index (χ0v) is 9.53. The number of hydrogen-bond acceptors (Lipinski definition) is 3. The van der Waals surface area contributed by atoms with Crippen molar-refractivity contribution in [3.8, 4) is 0 Å². The molecule has 5 heteroatoms. The smallest absolute Gasteiger partial charge is 0.255 e. The van der Waals surface area contributed by atoms with E-state index < -0.39 is 6.43 Å². The third-order valence-electron chi connectivity index (χ3n) is 2.17. The highest BCUT2D eigenvalue weighted by Gasteiger charge is 2.09. The number of anilines is 1. The molecule has 90 valence electrons. The van der Waals surface area contributed by atoms with E-state index in [0.717, 1.165) is 12.0 Å². The predicted octanol–water partition coefficient (Wildman–Crippen LogP) is 1.67. The van der Waals surface area contributed by atoms with Crippen LogP contribution in [0, 0.1) is 0 Å². The maximum absolute atomic E-state index is 12.1. The number of nitrogens with zero attached hydrogens (tertiary/aromatic N) is 2. The first-order chi connectivity index (χ1) is 7.49. The molecule has 1 aromatic rings. The third kappa shape index (κ3) is 4.10. The zero-order valence-electron chi connectivity index (χ0n) is 9.53. The molecule has 0 amide bonds. The minimum atomic E-state index is -2.35. The molecule has 0 radical (unpaired) electrons. The molecule has 1 rings (SSSR count). The van der Waals surface area contributed by atoms with Crippen LogP contribution < -0.4 is 10.6 Å². The average Bonchev–Trinajstić information content (AvgIpc) is 2.16. The van der Waals surface area contributed by atoms with Gasteiger partial charge in [0.2, 0.25) is 0 Å². The minimum Gasteiger partial charge on any atom is -0.354 e. The molecule has 16 heavy (non-hydrogen) atoms. The number of halogens is 2. The highest BCUT2D eigenvalue weighted by Crippen LogP contribution is 2.11. The van der Waals surface area contributed by atoms with Crippen molar-refractivity contribution in [1.29, 1.82) is 0 Å². The van der Waals surface area contributed by atoms with E-state index in [1.165, 1.54) is 4.90 Å². The van der Waals surface area contributed by atoms with E-state index in [4.69, 9.17) is 5.73 Å². The van der Waals surface area contributed by atoms with E-state index in [1.54, 1.807) is 19.3 Å². The summed E-state index contributed by atoms with van der Waals surface area (Å²) in [5, 5.41) is 0. The number of alkyl halides is 2. The highest BCUT2D eigenvalue weighted by molar-refractivity contribution is 5.38. The molecule has 0 aliphatic heterocycles. The van der Waals surface area contributed by atoms with Crippen LogP contribution >= 0.6 is 0 Å². The fourth-order valence-electron chi connectivity index (χ4n) is 1.44. The van der Waals surface area contributed by atoms with E-state index in [-0.39, 0.29) is 12.6 Å². The standard InChI is InChI=1S/C11H17F2N3/c1-8(14)5-9-3-4-11(15-6-9)16(2)7-10(12)13/h3-4,6,8,10H,5,7,14H2,1-2H3. The SMILES string of the molecule is CC(N)Cc1ccc(N(C)CC(F)F)nc1. The van der Waals surface area contributed by atoms with Crippen LogP contribution in [-0.4, -0.2) is 31.0 Å². The zero-order chi connectivity index (χ0) is 12.1. The van der Waals surface area contributed by atoms with Crippen molar-refractivity contribution in [1.82, 2.24) is 4.98 Å². The van der Waals surface area contributed by atoms with Crippen molar-refractivity contribution in [2.24, 2.45) is 5.73 Å². The molecule has 0 aliphatic rings.